The monoisotopic (exact) mass is 449 g/mol. The summed E-state index contributed by atoms with van der Waals surface area (Å²) in [6.07, 6.45) is 3.58. The predicted octanol–water partition coefficient (Wildman–Crippen LogP) is 5.59. The zero-order valence-corrected chi connectivity index (χ0v) is 19.1. The molecule has 0 saturated carbocycles. The lowest BCUT2D eigenvalue weighted by Gasteiger charge is -2.24. The first-order chi connectivity index (χ1) is 16.1. The van der Waals surface area contributed by atoms with Gasteiger partial charge in [0.05, 0.1) is 19.3 Å². The van der Waals surface area contributed by atoms with Crippen LogP contribution in [0.1, 0.15) is 36.5 Å². The number of hydrogen-bond acceptors (Lipinski definition) is 3. The maximum Gasteiger partial charge on any atom is 0.135 e. The van der Waals surface area contributed by atoms with Crippen LogP contribution in [0.15, 0.2) is 53.9 Å². The predicted molar refractivity (Wildman–Crippen MR) is 128 cm³/mol. The summed E-state index contributed by atoms with van der Waals surface area (Å²) in [6, 6.07) is 11.2. The van der Waals surface area contributed by atoms with E-state index in [1.165, 1.54) is 6.07 Å². The molecule has 1 aliphatic carbocycles. The zero-order valence-electron chi connectivity index (χ0n) is 19.1. The summed E-state index contributed by atoms with van der Waals surface area (Å²) < 4.78 is 40.9. The largest absolute Gasteiger partial charge is 0.380 e. The fourth-order valence-corrected chi connectivity index (χ4v) is 4.44. The quantitative estimate of drug-likeness (QED) is 0.583. The number of halogens is 2. The van der Waals surface area contributed by atoms with E-state index in [0.29, 0.717) is 37.2 Å². The normalized spacial score (nSPS) is 18.5. The SMILES string of the molecule is CC#CC1=C(F)C=C(c2cc(CC3CNCCO3)ccc2-c2ccc(COC)cc2F)CC1. The van der Waals surface area contributed by atoms with Gasteiger partial charge in [-0.1, -0.05) is 36.3 Å². The summed E-state index contributed by atoms with van der Waals surface area (Å²) in [7, 11) is 1.59. The van der Waals surface area contributed by atoms with E-state index in [4.69, 9.17) is 9.47 Å². The maximum absolute atomic E-state index is 15.1. The molecule has 4 rings (SSSR count). The molecule has 3 nitrogen and oxygen atoms in total. The number of ether oxygens (including phenoxy) is 2. The van der Waals surface area contributed by atoms with E-state index >= 15 is 4.39 Å². The Labute approximate surface area is 194 Å². The van der Waals surface area contributed by atoms with Crippen molar-refractivity contribution in [2.75, 3.05) is 26.8 Å². The van der Waals surface area contributed by atoms with Gasteiger partial charge in [-0.2, -0.15) is 0 Å². The number of allylic oxidation sites excluding steroid dienone is 4. The van der Waals surface area contributed by atoms with Crippen LogP contribution in [0, 0.1) is 17.7 Å². The summed E-state index contributed by atoms with van der Waals surface area (Å²) >= 11 is 0. The molecule has 1 heterocycles. The number of methoxy groups -OCH3 is 1. The molecular formula is C28H29F2NO2. The Morgan fingerprint density at radius 1 is 1.06 bits per heavy atom. The first kappa shape index (κ1) is 23.4. The molecule has 33 heavy (non-hydrogen) atoms. The summed E-state index contributed by atoms with van der Waals surface area (Å²) in [6.45, 7) is 4.41. The molecule has 0 spiro atoms. The summed E-state index contributed by atoms with van der Waals surface area (Å²) in [5.41, 5.74) is 5.34. The van der Waals surface area contributed by atoms with Gasteiger partial charge in [0.15, 0.2) is 0 Å². The lowest BCUT2D eigenvalue weighted by molar-refractivity contribution is 0.0292. The highest BCUT2D eigenvalue weighted by Crippen LogP contribution is 2.38. The topological polar surface area (TPSA) is 30.5 Å². The van der Waals surface area contributed by atoms with Gasteiger partial charge in [0.2, 0.25) is 0 Å². The number of hydrogen-bond donors (Lipinski definition) is 1. The van der Waals surface area contributed by atoms with Crippen molar-refractivity contribution in [3.8, 4) is 23.0 Å². The van der Waals surface area contributed by atoms with E-state index in [2.05, 4.69) is 23.2 Å². The molecule has 1 saturated heterocycles. The molecular weight excluding hydrogens is 420 g/mol. The maximum atomic E-state index is 15.1. The fourth-order valence-electron chi connectivity index (χ4n) is 4.44. The molecule has 2 aromatic rings. The fraction of sp³-hybridized carbons (Fsp3) is 0.357. The summed E-state index contributed by atoms with van der Waals surface area (Å²) in [5, 5.41) is 3.35. The van der Waals surface area contributed by atoms with Gasteiger partial charge in [-0.05, 0) is 66.2 Å². The molecule has 2 aliphatic rings. The van der Waals surface area contributed by atoms with Gasteiger partial charge in [0.25, 0.3) is 0 Å². The highest BCUT2D eigenvalue weighted by molar-refractivity contribution is 5.84. The molecule has 0 aromatic heterocycles. The van der Waals surface area contributed by atoms with E-state index in [-0.39, 0.29) is 17.7 Å². The molecule has 1 atom stereocenters. The molecule has 0 radical (unpaired) electrons. The van der Waals surface area contributed by atoms with Gasteiger partial charge < -0.3 is 14.8 Å². The standard InChI is InChI=1S/C28H29F2NO2/c1-3-4-21-7-8-22(16-27(21)29)26-14-19(13-23-17-31-11-12-33-23)5-9-24(26)25-10-6-20(18-32-2)15-28(25)30/h5-6,9-10,14-16,23,31H,7-8,11-13,17-18H2,1-2H3. The molecule has 1 fully saturated rings. The van der Waals surface area contributed by atoms with E-state index in [1.807, 2.05) is 18.2 Å². The Kier molecular flexibility index (Phi) is 7.72. The minimum atomic E-state index is -0.316. The molecule has 0 bridgehead atoms. The van der Waals surface area contributed by atoms with Gasteiger partial charge in [-0.3, -0.25) is 0 Å². The molecule has 5 heteroatoms. The van der Waals surface area contributed by atoms with Crippen LogP contribution in [0.25, 0.3) is 16.7 Å². The number of morpholine rings is 1. The average molecular weight is 450 g/mol. The van der Waals surface area contributed by atoms with Crippen LogP contribution in [0.4, 0.5) is 8.78 Å². The van der Waals surface area contributed by atoms with Crippen LogP contribution in [0.3, 0.4) is 0 Å². The third-order valence-corrected chi connectivity index (χ3v) is 6.04. The van der Waals surface area contributed by atoms with Crippen molar-refractivity contribution in [1.29, 1.82) is 0 Å². The minimum absolute atomic E-state index is 0.0888. The summed E-state index contributed by atoms with van der Waals surface area (Å²) in [5.74, 6) is 5.02. The zero-order chi connectivity index (χ0) is 23.2. The third-order valence-electron chi connectivity index (χ3n) is 6.04. The van der Waals surface area contributed by atoms with E-state index in [9.17, 15) is 4.39 Å². The first-order valence-corrected chi connectivity index (χ1v) is 11.3. The van der Waals surface area contributed by atoms with Crippen LogP contribution in [-0.4, -0.2) is 32.9 Å². The van der Waals surface area contributed by atoms with Crippen molar-refractivity contribution in [2.45, 2.75) is 38.9 Å². The third kappa shape index (κ3) is 5.59. The molecule has 2 aromatic carbocycles. The highest BCUT2D eigenvalue weighted by Gasteiger charge is 2.20. The molecule has 172 valence electrons. The van der Waals surface area contributed by atoms with Crippen LogP contribution in [0.2, 0.25) is 0 Å². The second kappa shape index (κ2) is 10.9. The van der Waals surface area contributed by atoms with Crippen molar-refractivity contribution < 1.29 is 18.3 Å². The number of benzene rings is 2. The van der Waals surface area contributed by atoms with Crippen molar-refractivity contribution in [3.63, 3.8) is 0 Å². The average Bonchev–Trinajstić information content (AvgIpc) is 2.82. The second-order valence-corrected chi connectivity index (χ2v) is 8.40. The van der Waals surface area contributed by atoms with Gasteiger partial charge >= 0.3 is 0 Å². The first-order valence-electron chi connectivity index (χ1n) is 11.3. The highest BCUT2D eigenvalue weighted by atomic mass is 19.1. The van der Waals surface area contributed by atoms with Crippen LogP contribution in [0.5, 0.6) is 0 Å². The van der Waals surface area contributed by atoms with Crippen molar-refractivity contribution in [3.05, 3.63) is 76.4 Å². The smallest absolute Gasteiger partial charge is 0.135 e. The van der Waals surface area contributed by atoms with Gasteiger partial charge in [0, 0.05) is 31.3 Å². The van der Waals surface area contributed by atoms with Crippen molar-refractivity contribution in [1.82, 2.24) is 5.32 Å². The number of rotatable bonds is 6. The van der Waals surface area contributed by atoms with Crippen LogP contribution in [-0.2, 0) is 22.5 Å². The van der Waals surface area contributed by atoms with Gasteiger partial charge in [-0.15, -0.1) is 5.92 Å². The molecule has 1 N–H and O–H groups in total. The van der Waals surface area contributed by atoms with E-state index in [1.54, 1.807) is 26.2 Å². The molecule has 1 unspecified atom stereocenters. The Bertz CT molecular complexity index is 1130. The minimum Gasteiger partial charge on any atom is -0.380 e. The van der Waals surface area contributed by atoms with Crippen LogP contribution < -0.4 is 5.32 Å². The lowest BCUT2D eigenvalue weighted by atomic mass is 9.86. The molecule has 1 aliphatic heterocycles. The van der Waals surface area contributed by atoms with Crippen molar-refractivity contribution >= 4 is 5.57 Å². The van der Waals surface area contributed by atoms with Crippen LogP contribution >= 0.6 is 0 Å². The Balaban J connectivity index is 1.76. The summed E-state index contributed by atoms with van der Waals surface area (Å²) in [4.78, 5) is 0. The van der Waals surface area contributed by atoms with E-state index in [0.717, 1.165) is 47.3 Å². The van der Waals surface area contributed by atoms with Gasteiger partial charge in [0.1, 0.15) is 11.6 Å². The van der Waals surface area contributed by atoms with Gasteiger partial charge in [-0.25, -0.2) is 8.78 Å². The van der Waals surface area contributed by atoms with Crippen molar-refractivity contribution in [2.24, 2.45) is 0 Å². The Morgan fingerprint density at radius 2 is 1.88 bits per heavy atom. The molecule has 0 amide bonds. The van der Waals surface area contributed by atoms with E-state index < -0.39 is 0 Å². The Hall–Kier alpha value is -2.78. The Morgan fingerprint density at radius 3 is 2.58 bits per heavy atom. The number of nitrogens with one attached hydrogen (secondary N) is 1. The second-order valence-electron chi connectivity index (χ2n) is 8.40. The lowest BCUT2D eigenvalue weighted by Crippen LogP contribution is -2.39.